The van der Waals surface area contributed by atoms with E-state index in [1.807, 2.05) is 23.1 Å². The van der Waals surface area contributed by atoms with Crippen LogP contribution in [0.3, 0.4) is 0 Å². The van der Waals surface area contributed by atoms with Crippen LogP contribution in [0.1, 0.15) is 4.88 Å². The molecule has 68 valence electrons. The monoisotopic (exact) mass is 249 g/mol. The predicted octanol–water partition coefficient (Wildman–Crippen LogP) is -1.46. The number of thiazole rings is 1. The van der Waals surface area contributed by atoms with Gasteiger partial charge in [-0.05, 0) is 13.0 Å². The molecule has 4 heteroatoms. The van der Waals surface area contributed by atoms with E-state index in [4.69, 9.17) is 4.74 Å². The number of halogens is 1. The molecule has 0 radical (unpaired) electrons. The second-order valence-electron chi connectivity index (χ2n) is 2.23. The average molecular weight is 250 g/mol. The van der Waals surface area contributed by atoms with Crippen molar-refractivity contribution < 1.29 is 26.3 Å². The standard InChI is InChI=1S/C8H12NOS.BrH/c1-4-5-9-6-11-7(2)8(9)10-3;/h4,6H,1,5H2,2-3H3;1H/q+1;/p-1. The second kappa shape index (κ2) is 5.32. The summed E-state index contributed by atoms with van der Waals surface area (Å²) in [5.74, 6) is 0.940. The SMILES string of the molecule is C=CC[n+]1csc(C)c1OC.[Br-]. The minimum absolute atomic E-state index is 0. The highest BCUT2D eigenvalue weighted by molar-refractivity contribution is 7.09. The Bertz CT molecular complexity index is 260. The first-order valence-electron chi connectivity index (χ1n) is 3.42. The zero-order valence-electron chi connectivity index (χ0n) is 7.21. The summed E-state index contributed by atoms with van der Waals surface area (Å²) in [5.41, 5.74) is 2.04. The van der Waals surface area contributed by atoms with Crippen LogP contribution in [-0.4, -0.2) is 7.11 Å². The zero-order chi connectivity index (χ0) is 8.27. The Morgan fingerprint density at radius 2 is 2.42 bits per heavy atom. The third-order valence-corrected chi connectivity index (χ3v) is 2.33. The van der Waals surface area contributed by atoms with Gasteiger partial charge in [0.25, 0.3) is 0 Å². The van der Waals surface area contributed by atoms with Gasteiger partial charge in [0.2, 0.25) is 5.51 Å². The fourth-order valence-electron chi connectivity index (χ4n) is 0.969. The van der Waals surface area contributed by atoms with Gasteiger partial charge in [0.1, 0.15) is 4.88 Å². The topological polar surface area (TPSA) is 13.1 Å². The van der Waals surface area contributed by atoms with Crippen molar-refractivity contribution in [2.75, 3.05) is 7.11 Å². The van der Waals surface area contributed by atoms with Crippen LogP contribution in [0.2, 0.25) is 0 Å². The highest BCUT2D eigenvalue weighted by Crippen LogP contribution is 2.16. The first-order valence-corrected chi connectivity index (χ1v) is 4.30. The number of hydrogen-bond acceptors (Lipinski definition) is 2. The van der Waals surface area contributed by atoms with Crippen molar-refractivity contribution in [3.8, 4) is 5.88 Å². The molecule has 0 amide bonds. The quantitative estimate of drug-likeness (QED) is 0.472. The van der Waals surface area contributed by atoms with Crippen LogP contribution in [0.25, 0.3) is 0 Å². The smallest absolute Gasteiger partial charge is 0.381 e. The predicted molar refractivity (Wildman–Crippen MR) is 46.0 cm³/mol. The lowest BCUT2D eigenvalue weighted by atomic mass is 10.5. The first kappa shape index (κ1) is 11.6. The molecule has 0 aliphatic carbocycles. The van der Waals surface area contributed by atoms with E-state index < -0.39 is 0 Å². The summed E-state index contributed by atoms with van der Waals surface area (Å²) in [6.45, 7) is 6.53. The van der Waals surface area contributed by atoms with Crippen LogP contribution in [0.4, 0.5) is 0 Å². The highest BCUT2D eigenvalue weighted by atomic mass is 79.9. The Balaban J connectivity index is 0.00000121. The number of hydrogen-bond donors (Lipinski definition) is 0. The number of rotatable bonds is 3. The molecule has 0 N–H and O–H groups in total. The van der Waals surface area contributed by atoms with Gasteiger partial charge in [-0.2, -0.15) is 4.57 Å². The summed E-state index contributed by atoms with van der Waals surface area (Å²) >= 11 is 1.69. The maximum atomic E-state index is 5.19. The molecule has 0 aliphatic rings. The van der Waals surface area contributed by atoms with E-state index >= 15 is 0 Å². The minimum Gasteiger partial charge on any atom is -1.00 e. The van der Waals surface area contributed by atoms with Gasteiger partial charge in [0.15, 0.2) is 6.54 Å². The summed E-state index contributed by atoms with van der Waals surface area (Å²) in [6, 6.07) is 0. The van der Waals surface area contributed by atoms with Gasteiger partial charge in [0, 0.05) is 0 Å². The molecule has 12 heavy (non-hydrogen) atoms. The molecule has 0 unspecified atom stereocenters. The second-order valence-corrected chi connectivity index (χ2v) is 3.29. The molecule has 0 saturated carbocycles. The third kappa shape index (κ3) is 2.32. The van der Waals surface area contributed by atoms with Crippen LogP contribution in [-0.2, 0) is 6.54 Å². The Hall–Kier alpha value is -0.350. The first-order chi connectivity index (χ1) is 5.29. The maximum Gasteiger partial charge on any atom is 0.381 e. The molecule has 1 heterocycles. The van der Waals surface area contributed by atoms with E-state index in [0.29, 0.717) is 0 Å². The van der Waals surface area contributed by atoms with Crippen molar-refractivity contribution in [2.45, 2.75) is 13.5 Å². The van der Waals surface area contributed by atoms with E-state index in [1.54, 1.807) is 18.4 Å². The molecule has 2 nitrogen and oxygen atoms in total. The number of aryl methyl sites for hydroxylation is 1. The number of methoxy groups -OCH3 is 1. The van der Waals surface area contributed by atoms with E-state index in [-0.39, 0.29) is 17.0 Å². The summed E-state index contributed by atoms with van der Waals surface area (Å²) in [5, 5.41) is 0. The fraction of sp³-hybridized carbons (Fsp3) is 0.375. The third-order valence-electron chi connectivity index (χ3n) is 1.44. The molecule has 0 aliphatic heterocycles. The summed E-state index contributed by atoms with van der Waals surface area (Å²) < 4.78 is 7.23. The Morgan fingerprint density at radius 3 is 2.92 bits per heavy atom. The van der Waals surface area contributed by atoms with Gasteiger partial charge in [-0.3, -0.25) is 0 Å². The maximum absolute atomic E-state index is 5.19. The van der Waals surface area contributed by atoms with E-state index in [2.05, 4.69) is 6.58 Å². The molecular weight excluding hydrogens is 238 g/mol. The Kier molecular flexibility index (Phi) is 5.17. The van der Waals surface area contributed by atoms with Crippen molar-refractivity contribution in [1.82, 2.24) is 0 Å². The van der Waals surface area contributed by atoms with Gasteiger partial charge >= 0.3 is 5.88 Å². The largest absolute Gasteiger partial charge is 1.00 e. The van der Waals surface area contributed by atoms with Crippen LogP contribution in [0.15, 0.2) is 18.2 Å². The molecule has 0 atom stereocenters. The van der Waals surface area contributed by atoms with Crippen molar-refractivity contribution in [3.63, 3.8) is 0 Å². The van der Waals surface area contributed by atoms with Crippen molar-refractivity contribution in [1.29, 1.82) is 0 Å². The number of nitrogens with zero attached hydrogens (tertiary/aromatic N) is 1. The van der Waals surface area contributed by atoms with Crippen LogP contribution in [0, 0.1) is 6.92 Å². The molecule has 1 rings (SSSR count). The number of allylic oxidation sites excluding steroid dienone is 1. The molecule has 0 saturated heterocycles. The summed E-state index contributed by atoms with van der Waals surface area (Å²) in [6.07, 6.45) is 1.86. The zero-order valence-corrected chi connectivity index (χ0v) is 9.61. The van der Waals surface area contributed by atoms with Gasteiger partial charge in [-0.1, -0.05) is 17.9 Å². The lowest BCUT2D eigenvalue weighted by Crippen LogP contribution is -3.00. The minimum atomic E-state index is 0. The van der Waals surface area contributed by atoms with Gasteiger partial charge < -0.3 is 21.7 Å². The fourth-order valence-corrected chi connectivity index (χ4v) is 1.74. The highest BCUT2D eigenvalue weighted by Gasteiger charge is 2.14. The Morgan fingerprint density at radius 1 is 1.75 bits per heavy atom. The summed E-state index contributed by atoms with van der Waals surface area (Å²) in [7, 11) is 1.69. The lowest BCUT2D eigenvalue weighted by Gasteiger charge is -1.93. The normalized spacial score (nSPS) is 8.83. The molecule has 0 spiro atoms. The lowest BCUT2D eigenvalue weighted by molar-refractivity contribution is -0.687. The van der Waals surface area contributed by atoms with Gasteiger partial charge in [-0.25, -0.2) is 0 Å². The number of aromatic nitrogens is 1. The van der Waals surface area contributed by atoms with Crippen molar-refractivity contribution in [3.05, 3.63) is 23.0 Å². The van der Waals surface area contributed by atoms with Gasteiger partial charge in [-0.15, -0.1) is 0 Å². The van der Waals surface area contributed by atoms with Crippen molar-refractivity contribution >= 4 is 11.3 Å². The van der Waals surface area contributed by atoms with Gasteiger partial charge in [0.05, 0.1) is 7.11 Å². The van der Waals surface area contributed by atoms with Crippen LogP contribution in [0.5, 0.6) is 5.88 Å². The molecule has 0 aromatic carbocycles. The van der Waals surface area contributed by atoms with E-state index in [9.17, 15) is 0 Å². The van der Waals surface area contributed by atoms with Crippen LogP contribution < -0.4 is 26.3 Å². The average Bonchev–Trinajstić information content (AvgIpc) is 2.33. The molecular formula is C8H12BrNOS. The molecule has 0 fully saturated rings. The van der Waals surface area contributed by atoms with E-state index in [1.165, 1.54) is 4.88 Å². The number of ether oxygens (including phenoxy) is 1. The Labute approximate surface area is 87.3 Å². The van der Waals surface area contributed by atoms with E-state index in [0.717, 1.165) is 12.4 Å². The molecule has 0 bridgehead atoms. The van der Waals surface area contributed by atoms with Crippen LogP contribution >= 0.6 is 11.3 Å². The summed E-state index contributed by atoms with van der Waals surface area (Å²) in [4.78, 5) is 1.20. The molecule has 1 aromatic heterocycles. The molecule has 1 aromatic rings. The van der Waals surface area contributed by atoms with Crippen molar-refractivity contribution in [2.24, 2.45) is 0 Å².